The van der Waals surface area contributed by atoms with Gasteiger partial charge in [0.05, 0.1) is 23.4 Å². The van der Waals surface area contributed by atoms with Crippen molar-refractivity contribution in [3.05, 3.63) is 46.7 Å². The number of aromatic hydroxyl groups is 2. The molecule has 6 nitrogen and oxygen atoms in total. The van der Waals surface area contributed by atoms with E-state index in [0.29, 0.717) is 12.0 Å². The first kappa shape index (κ1) is 16.4. The summed E-state index contributed by atoms with van der Waals surface area (Å²) in [5.41, 5.74) is 5.64. The first-order valence-electron chi connectivity index (χ1n) is 7.95. The third-order valence-electron chi connectivity index (χ3n) is 5.15. The fourth-order valence-electron chi connectivity index (χ4n) is 4.01. The van der Waals surface area contributed by atoms with Crippen LogP contribution in [0, 0.1) is 45.3 Å². The molecule has 0 fully saturated rings. The summed E-state index contributed by atoms with van der Waals surface area (Å²) >= 11 is 0. The van der Waals surface area contributed by atoms with Gasteiger partial charge in [0.15, 0.2) is 5.41 Å². The third-order valence-corrected chi connectivity index (χ3v) is 5.15. The van der Waals surface area contributed by atoms with Crippen molar-refractivity contribution in [2.24, 2.45) is 17.1 Å². The number of fused-ring (bicyclic) bond motifs is 1. The minimum atomic E-state index is -1.75. The van der Waals surface area contributed by atoms with E-state index in [2.05, 4.69) is 6.07 Å². The lowest BCUT2D eigenvalue weighted by Crippen LogP contribution is -2.42. The van der Waals surface area contributed by atoms with E-state index in [1.807, 2.05) is 18.2 Å². The zero-order chi connectivity index (χ0) is 18.2. The lowest BCUT2D eigenvalue weighted by Gasteiger charge is -2.43. The number of hydrogen-bond acceptors (Lipinski definition) is 6. The Morgan fingerprint density at radius 3 is 2.48 bits per heavy atom. The lowest BCUT2D eigenvalue weighted by atomic mass is 9.56. The molecule has 0 saturated heterocycles. The quantitative estimate of drug-likeness (QED) is 0.722. The molecule has 0 saturated carbocycles. The number of rotatable bonds is 1. The van der Waals surface area contributed by atoms with Gasteiger partial charge in [-0.25, -0.2) is 0 Å². The van der Waals surface area contributed by atoms with Gasteiger partial charge in [-0.2, -0.15) is 15.8 Å². The highest BCUT2D eigenvalue weighted by Crippen LogP contribution is 2.57. The monoisotopic (exact) mass is 332 g/mol. The molecule has 124 valence electrons. The van der Waals surface area contributed by atoms with Crippen molar-refractivity contribution in [3.63, 3.8) is 0 Å². The maximum absolute atomic E-state index is 10.3. The number of nitrogens with two attached hydrogens (primary N) is 1. The minimum absolute atomic E-state index is 0.0677. The highest BCUT2D eigenvalue weighted by atomic mass is 16.3. The molecule has 6 heteroatoms. The Bertz CT molecular complexity index is 910. The summed E-state index contributed by atoms with van der Waals surface area (Å²) in [6.45, 7) is 0. The lowest BCUT2D eigenvalue weighted by molar-refractivity contribution is 0.308. The van der Waals surface area contributed by atoms with Crippen molar-refractivity contribution in [1.82, 2.24) is 0 Å². The van der Waals surface area contributed by atoms with Crippen LogP contribution in [0.3, 0.4) is 0 Å². The van der Waals surface area contributed by atoms with Gasteiger partial charge in [-0.05, 0) is 36.8 Å². The van der Waals surface area contributed by atoms with E-state index in [1.165, 1.54) is 18.2 Å². The van der Waals surface area contributed by atoms with Crippen LogP contribution in [0.1, 0.15) is 30.7 Å². The first-order chi connectivity index (χ1) is 12.0. The molecular weight excluding hydrogens is 316 g/mol. The largest absolute Gasteiger partial charge is 0.508 e. The van der Waals surface area contributed by atoms with Gasteiger partial charge in [0, 0.05) is 17.5 Å². The summed E-state index contributed by atoms with van der Waals surface area (Å²) in [5, 5.41) is 49.1. The van der Waals surface area contributed by atoms with Crippen LogP contribution in [0.25, 0.3) is 0 Å². The summed E-state index contributed by atoms with van der Waals surface area (Å²) in [7, 11) is 0. The third kappa shape index (κ3) is 2.22. The molecule has 0 radical (unpaired) electrons. The molecule has 2 aliphatic carbocycles. The van der Waals surface area contributed by atoms with Crippen LogP contribution in [0.15, 0.2) is 41.1 Å². The molecular formula is C19H16N4O2. The van der Waals surface area contributed by atoms with Crippen LogP contribution in [0.2, 0.25) is 0 Å². The Labute approximate surface area is 145 Å². The molecule has 0 amide bonds. The molecule has 0 aromatic heterocycles. The second-order valence-electron chi connectivity index (χ2n) is 6.35. The number of nitriles is 3. The molecule has 0 heterocycles. The second-order valence-corrected chi connectivity index (χ2v) is 6.35. The zero-order valence-corrected chi connectivity index (χ0v) is 13.4. The Hall–Kier alpha value is -3.43. The van der Waals surface area contributed by atoms with Gasteiger partial charge in [-0.15, -0.1) is 0 Å². The van der Waals surface area contributed by atoms with Gasteiger partial charge < -0.3 is 15.9 Å². The van der Waals surface area contributed by atoms with Crippen molar-refractivity contribution in [2.75, 3.05) is 0 Å². The fraction of sp³-hybridized carbons (Fsp3) is 0.316. The maximum atomic E-state index is 10.3. The minimum Gasteiger partial charge on any atom is -0.508 e. The molecule has 2 aliphatic rings. The Morgan fingerprint density at radius 2 is 1.88 bits per heavy atom. The van der Waals surface area contributed by atoms with Crippen molar-refractivity contribution >= 4 is 0 Å². The number of nitrogens with zero attached hydrogens (tertiary/aromatic N) is 3. The SMILES string of the molecule is N#CC1=C(N)C(C#N)(C#N)[C@@H](c2ccc(O)cc2O)[C@H]2CCCC=C12. The topological polar surface area (TPSA) is 138 Å². The van der Waals surface area contributed by atoms with E-state index in [9.17, 15) is 26.0 Å². The fourth-order valence-corrected chi connectivity index (χ4v) is 4.01. The smallest absolute Gasteiger partial charge is 0.191 e. The molecule has 1 aromatic carbocycles. The van der Waals surface area contributed by atoms with Gasteiger partial charge in [-0.1, -0.05) is 12.1 Å². The normalized spacial score (nSPS) is 24.3. The molecule has 0 unspecified atom stereocenters. The van der Waals surface area contributed by atoms with E-state index < -0.39 is 11.3 Å². The van der Waals surface area contributed by atoms with Gasteiger partial charge in [0.1, 0.15) is 17.6 Å². The van der Waals surface area contributed by atoms with Crippen molar-refractivity contribution in [3.8, 4) is 29.7 Å². The van der Waals surface area contributed by atoms with E-state index >= 15 is 0 Å². The van der Waals surface area contributed by atoms with E-state index in [0.717, 1.165) is 18.4 Å². The Kier molecular flexibility index (Phi) is 3.87. The van der Waals surface area contributed by atoms with Gasteiger partial charge >= 0.3 is 0 Å². The van der Waals surface area contributed by atoms with E-state index in [4.69, 9.17) is 5.73 Å². The number of phenols is 2. The summed E-state index contributed by atoms with van der Waals surface area (Å²) in [6, 6.07) is 10.2. The predicted molar refractivity (Wildman–Crippen MR) is 88.4 cm³/mol. The van der Waals surface area contributed by atoms with Crippen molar-refractivity contribution in [2.45, 2.75) is 25.2 Å². The highest BCUT2D eigenvalue weighted by Gasteiger charge is 2.54. The number of hydrogen-bond donors (Lipinski definition) is 3. The average molecular weight is 332 g/mol. The van der Waals surface area contributed by atoms with Crippen LogP contribution < -0.4 is 5.73 Å². The number of benzene rings is 1. The summed E-state index contributed by atoms with van der Waals surface area (Å²) in [6.07, 6.45) is 4.27. The van der Waals surface area contributed by atoms with Crippen LogP contribution in [0.5, 0.6) is 11.5 Å². The standard InChI is InChI=1S/C19H16N4O2/c20-8-15-12-3-1-2-4-13(12)17(19(9-21,10-22)18(15)23)14-6-5-11(24)7-16(14)25/h3,5-7,13,17,24-25H,1-2,4,23H2/t13-,17+/m0/s1. The number of allylic oxidation sites excluding steroid dienone is 4. The zero-order valence-electron chi connectivity index (χ0n) is 13.4. The molecule has 25 heavy (non-hydrogen) atoms. The van der Waals surface area contributed by atoms with Crippen LogP contribution in [0.4, 0.5) is 0 Å². The molecule has 4 N–H and O–H groups in total. The second kappa shape index (κ2) is 5.89. The predicted octanol–water partition coefficient (Wildman–Crippen LogP) is 2.69. The van der Waals surface area contributed by atoms with E-state index in [1.54, 1.807) is 0 Å². The van der Waals surface area contributed by atoms with E-state index in [-0.39, 0.29) is 28.7 Å². The summed E-state index contributed by atoms with van der Waals surface area (Å²) in [5.74, 6) is -1.30. The molecule has 1 aromatic rings. The molecule has 3 rings (SSSR count). The van der Waals surface area contributed by atoms with Gasteiger partial charge in [-0.3, -0.25) is 0 Å². The number of phenolic OH excluding ortho intramolecular Hbond substituents is 2. The van der Waals surface area contributed by atoms with Gasteiger partial charge in [0.2, 0.25) is 0 Å². The van der Waals surface area contributed by atoms with Crippen LogP contribution >= 0.6 is 0 Å². The molecule has 2 atom stereocenters. The maximum Gasteiger partial charge on any atom is 0.191 e. The van der Waals surface area contributed by atoms with Crippen molar-refractivity contribution in [1.29, 1.82) is 15.8 Å². The Morgan fingerprint density at radius 1 is 1.16 bits per heavy atom. The molecule has 0 bridgehead atoms. The van der Waals surface area contributed by atoms with Gasteiger partial charge in [0.25, 0.3) is 0 Å². The molecule has 0 aliphatic heterocycles. The summed E-state index contributed by atoms with van der Waals surface area (Å²) in [4.78, 5) is 0. The average Bonchev–Trinajstić information content (AvgIpc) is 2.62. The first-order valence-corrected chi connectivity index (χ1v) is 7.95. The highest BCUT2D eigenvalue weighted by molar-refractivity contribution is 5.60. The molecule has 0 spiro atoms. The summed E-state index contributed by atoms with van der Waals surface area (Å²) < 4.78 is 0. The van der Waals surface area contributed by atoms with Crippen molar-refractivity contribution < 1.29 is 10.2 Å². The van der Waals surface area contributed by atoms with Crippen LogP contribution in [-0.4, -0.2) is 10.2 Å². The Balaban J connectivity index is 2.36. The van der Waals surface area contributed by atoms with Crippen LogP contribution in [-0.2, 0) is 0 Å².